The van der Waals surface area contributed by atoms with Gasteiger partial charge in [-0.1, -0.05) is 28.1 Å². The second-order valence-electron chi connectivity index (χ2n) is 6.31. The van der Waals surface area contributed by atoms with Gasteiger partial charge in [-0.25, -0.2) is 9.78 Å². The number of carbonyl (C=O) groups excluding carboxylic acids is 1. The highest BCUT2D eigenvalue weighted by Crippen LogP contribution is 2.30. The molecule has 4 nitrogen and oxygen atoms in total. The van der Waals surface area contributed by atoms with E-state index in [1.165, 1.54) is 11.3 Å². The van der Waals surface area contributed by atoms with Gasteiger partial charge in [0.2, 0.25) is 0 Å². The zero-order valence-electron chi connectivity index (χ0n) is 13.4. The van der Waals surface area contributed by atoms with Crippen molar-refractivity contribution in [2.24, 2.45) is 0 Å². The maximum atomic E-state index is 12.5. The number of hydrogen-bond donors (Lipinski definition) is 0. The number of ether oxygens (including phenoxy) is 1. The number of imidazole rings is 1. The molecule has 2 aromatic heterocycles. The molecule has 0 spiro atoms. The predicted octanol–water partition coefficient (Wildman–Crippen LogP) is 5.09. The van der Waals surface area contributed by atoms with Crippen molar-refractivity contribution in [3.05, 3.63) is 45.5 Å². The first-order chi connectivity index (χ1) is 10.8. The van der Waals surface area contributed by atoms with Crippen molar-refractivity contribution in [1.82, 2.24) is 9.38 Å². The second-order valence-corrected chi connectivity index (χ2v) is 8.09. The molecular formula is C17H17BrN2O2S. The minimum atomic E-state index is -0.546. The largest absolute Gasteiger partial charge is 0.455 e. The highest BCUT2D eigenvalue weighted by Gasteiger charge is 2.25. The number of halogens is 1. The van der Waals surface area contributed by atoms with Gasteiger partial charge in [-0.2, -0.15) is 0 Å². The molecule has 0 unspecified atom stereocenters. The Hall–Kier alpha value is -1.66. The number of aryl methyl sites for hydroxylation is 1. The molecule has 0 aliphatic heterocycles. The molecule has 0 bridgehead atoms. The lowest BCUT2D eigenvalue weighted by Crippen LogP contribution is -2.24. The van der Waals surface area contributed by atoms with Gasteiger partial charge in [0, 0.05) is 21.1 Å². The number of aromatic nitrogens is 2. The van der Waals surface area contributed by atoms with Crippen molar-refractivity contribution in [3.8, 4) is 11.4 Å². The summed E-state index contributed by atoms with van der Waals surface area (Å²) in [7, 11) is 0. The van der Waals surface area contributed by atoms with Crippen molar-refractivity contribution < 1.29 is 9.53 Å². The number of rotatable bonds is 2. The summed E-state index contributed by atoms with van der Waals surface area (Å²) in [5, 5.41) is 2.02. The third-order valence-electron chi connectivity index (χ3n) is 3.20. The fourth-order valence-corrected chi connectivity index (χ4v) is 3.68. The summed E-state index contributed by atoms with van der Waals surface area (Å²) in [5.74, 6) is 0.360. The molecule has 0 N–H and O–H groups in total. The molecule has 0 aliphatic carbocycles. The third-order valence-corrected chi connectivity index (χ3v) is 4.76. The second kappa shape index (κ2) is 5.76. The lowest BCUT2D eigenvalue weighted by atomic mass is 10.2. The number of benzene rings is 1. The number of fused-ring (bicyclic) bond motifs is 1. The zero-order chi connectivity index (χ0) is 16.8. The van der Waals surface area contributed by atoms with Crippen molar-refractivity contribution in [3.63, 3.8) is 0 Å². The molecule has 1 aromatic carbocycles. The van der Waals surface area contributed by atoms with Gasteiger partial charge < -0.3 is 4.74 Å². The maximum Gasteiger partial charge on any atom is 0.360 e. The molecule has 0 saturated carbocycles. The van der Waals surface area contributed by atoms with Crippen LogP contribution in [0.2, 0.25) is 0 Å². The van der Waals surface area contributed by atoms with Crippen molar-refractivity contribution >= 4 is 38.1 Å². The predicted molar refractivity (Wildman–Crippen MR) is 96.1 cm³/mol. The Balaban J connectivity index is 2.17. The standard InChI is InChI=1S/C17H17BrN2O2S/c1-10-9-23-15-13(16(21)22-17(2,3)4)19-14(20(10)15)11-6-5-7-12(18)8-11/h5-9H,1-4H3. The third kappa shape index (κ3) is 3.19. The van der Waals surface area contributed by atoms with Gasteiger partial charge >= 0.3 is 5.97 Å². The van der Waals surface area contributed by atoms with Gasteiger partial charge in [-0.3, -0.25) is 4.40 Å². The van der Waals surface area contributed by atoms with Crippen molar-refractivity contribution in [1.29, 1.82) is 0 Å². The molecule has 0 fully saturated rings. The average Bonchev–Trinajstić information content (AvgIpc) is 2.98. The van der Waals surface area contributed by atoms with Gasteiger partial charge in [0.25, 0.3) is 0 Å². The van der Waals surface area contributed by atoms with Crippen LogP contribution in [0.25, 0.3) is 16.2 Å². The summed E-state index contributed by atoms with van der Waals surface area (Å²) < 4.78 is 8.47. The number of carbonyl (C=O) groups is 1. The van der Waals surface area contributed by atoms with E-state index in [2.05, 4.69) is 20.9 Å². The van der Waals surface area contributed by atoms with Crippen LogP contribution in [0, 0.1) is 6.92 Å². The van der Waals surface area contributed by atoms with Gasteiger partial charge in [0.15, 0.2) is 5.69 Å². The molecule has 3 aromatic rings. The topological polar surface area (TPSA) is 43.6 Å². The van der Waals surface area contributed by atoms with Crippen LogP contribution in [-0.4, -0.2) is 21.0 Å². The fourth-order valence-electron chi connectivity index (χ4n) is 2.32. The Morgan fingerprint density at radius 2 is 2.09 bits per heavy atom. The Bertz CT molecular complexity index is 890. The summed E-state index contributed by atoms with van der Waals surface area (Å²) in [4.78, 5) is 17.9. The quantitative estimate of drug-likeness (QED) is 0.570. The maximum absolute atomic E-state index is 12.5. The lowest BCUT2D eigenvalue weighted by Gasteiger charge is -2.18. The summed E-state index contributed by atoms with van der Waals surface area (Å²) in [6.07, 6.45) is 0. The number of esters is 1. The first-order valence-corrected chi connectivity index (χ1v) is 8.89. The fraction of sp³-hybridized carbons (Fsp3) is 0.294. The molecule has 0 radical (unpaired) electrons. The SMILES string of the molecule is Cc1csc2c(C(=O)OC(C)(C)C)nc(-c3cccc(Br)c3)n12. The number of hydrogen-bond acceptors (Lipinski definition) is 4. The average molecular weight is 393 g/mol. The normalized spacial score (nSPS) is 11.9. The molecule has 23 heavy (non-hydrogen) atoms. The molecule has 2 heterocycles. The van der Waals surface area contributed by atoms with Crippen molar-refractivity contribution in [2.75, 3.05) is 0 Å². The van der Waals surface area contributed by atoms with Crippen LogP contribution in [-0.2, 0) is 4.74 Å². The lowest BCUT2D eigenvalue weighted by molar-refractivity contribution is 0.00661. The molecular weight excluding hydrogens is 376 g/mol. The number of thiazole rings is 1. The Labute approximate surface area is 147 Å². The van der Waals surface area contributed by atoms with E-state index in [0.717, 1.165) is 26.4 Å². The minimum Gasteiger partial charge on any atom is -0.455 e. The Kier molecular flexibility index (Phi) is 4.06. The van der Waals surface area contributed by atoms with E-state index in [4.69, 9.17) is 4.74 Å². The van der Waals surface area contributed by atoms with E-state index in [9.17, 15) is 4.79 Å². The minimum absolute atomic E-state index is 0.369. The van der Waals surface area contributed by atoms with Gasteiger partial charge in [-0.05, 0) is 39.8 Å². The summed E-state index contributed by atoms with van der Waals surface area (Å²) in [6.45, 7) is 7.57. The van der Waals surface area contributed by atoms with Gasteiger partial charge in [-0.15, -0.1) is 11.3 Å². The first kappa shape index (κ1) is 16.2. The molecule has 6 heteroatoms. The van der Waals surface area contributed by atoms with Crippen LogP contribution in [0.3, 0.4) is 0 Å². The van der Waals surface area contributed by atoms with Crippen LogP contribution in [0.15, 0.2) is 34.1 Å². The molecule has 3 rings (SSSR count). The van der Waals surface area contributed by atoms with Gasteiger partial charge in [0.05, 0.1) is 0 Å². The van der Waals surface area contributed by atoms with Crippen LogP contribution >= 0.6 is 27.3 Å². The van der Waals surface area contributed by atoms with Crippen LogP contribution < -0.4 is 0 Å². The zero-order valence-corrected chi connectivity index (χ0v) is 15.8. The highest BCUT2D eigenvalue weighted by molar-refractivity contribution is 9.10. The monoisotopic (exact) mass is 392 g/mol. The number of nitrogens with zero attached hydrogens (tertiary/aromatic N) is 2. The van der Waals surface area contributed by atoms with E-state index in [1.807, 2.05) is 61.7 Å². The molecule has 0 saturated heterocycles. The highest BCUT2D eigenvalue weighted by atomic mass is 79.9. The van der Waals surface area contributed by atoms with Crippen LogP contribution in [0.1, 0.15) is 37.0 Å². The molecule has 0 atom stereocenters. The van der Waals surface area contributed by atoms with E-state index < -0.39 is 11.6 Å². The van der Waals surface area contributed by atoms with Crippen LogP contribution in [0.4, 0.5) is 0 Å². The molecule has 0 aliphatic rings. The van der Waals surface area contributed by atoms with Crippen molar-refractivity contribution in [2.45, 2.75) is 33.3 Å². The van der Waals surface area contributed by atoms with E-state index in [1.54, 1.807) is 0 Å². The van der Waals surface area contributed by atoms with Crippen LogP contribution in [0.5, 0.6) is 0 Å². The van der Waals surface area contributed by atoms with E-state index >= 15 is 0 Å². The van der Waals surface area contributed by atoms with E-state index in [0.29, 0.717) is 5.69 Å². The Morgan fingerprint density at radius 1 is 1.35 bits per heavy atom. The smallest absolute Gasteiger partial charge is 0.360 e. The molecule has 120 valence electrons. The summed E-state index contributed by atoms with van der Waals surface area (Å²) in [6, 6.07) is 7.89. The van der Waals surface area contributed by atoms with E-state index in [-0.39, 0.29) is 0 Å². The summed E-state index contributed by atoms with van der Waals surface area (Å²) in [5.41, 5.74) is 1.82. The Morgan fingerprint density at radius 3 is 2.74 bits per heavy atom. The molecule has 0 amide bonds. The van der Waals surface area contributed by atoms with Gasteiger partial charge in [0.1, 0.15) is 16.3 Å². The first-order valence-electron chi connectivity index (χ1n) is 7.22. The summed E-state index contributed by atoms with van der Waals surface area (Å²) >= 11 is 4.98.